The predicted octanol–water partition coefficient (Wildman–Crippen LogP) is 1.21. The van der Waals surface area contributed by atoms with E-state index in [4.69, 9.17) is 9.90 Å². The number of carbonyl (C=O) groups excluding carboxylic acids is 1. The van der Waals surface area contributed by atoms with Crippen LogP contribution >= 0.6 is 0 Å². The Balaban J connectivity index is 0.000000288. The normalized spacial score (nSPS) is 17.9. The maximum atomic E-state index is 10.4. The predicted molar refractivity (Wildman–Crippen MR) is 49.5 cm³/mol. The molecule has 1 aliphatic rings. The van der Waals surface area contributed by atoms with Crippen molar-refractivity contribution in [2.45, 2.75) is 25.4 Å². The van der Waals surface area contributed by atoms with Gasteiger partial charge in [-0.05, 0) is 25.9 Å². The summed E-state index contributed by atoms with van der Waals surface area (Å²) in [5, 5.41) is 8.58. The highest BCUT2D eigenvalue weighted by molar-refractivity contribution is 5.56. The highest BCUT2D eigenvalue weighted by atomic mass is 19.4. The summed E-state index contributed by atoms with van der Waals surface area (Å²) in [6, 6.07) is 0. The molecule has 90 valence electrons. The van der Waals surface area contributed by atoms with Crippen molar-refractivity contribution in [3.05, 3.63) is 0 Å². The van der Waals surface area contributed by atoms with E-state index in [1.165, 1.54) is 32.4 Å². The van der Waals surface area contributed by atoms with Crippen molar-refractivity contribution < 1.29 is 23.1 Å². The number of rotatable bonds is 2. The number of aliphatic hydroxyl groups excluding tert-OH is 1. The number of halogens is 3. The molecule has 0 unspecified atom stereocenters. The second-order valence-corrected chi connectivity index (χ2v) is 3.29. The van der Waals surface area contributed by atoms with Gasteiger partial charge in [-0.2, -0.15) is 13.2 Å². The number of aldehydes is 1. The number of hydrogen-bond acceptors (Lipinski definition) is 3. The zero-order chi connectivity index (χ0) is 11.7. The fourth-order valence-electron chi connectivity index (χ4n) is 1.32. The number of piperidine rings is 1. The first-order valence-corrected chi connectivity index (χ1v) is 4.86. The molecule has 1 aliphatic heterocycles. The minimum Gasteiger partial charge on any atom is -0.395 e. The number of hydrogen-bond donors (Lipinski definition) is 1. The van der Waals surface area contributed by atoms with Gasteiger partial charge in [0, 0.05) is 6.54 Å². The zero-order valence-corrected chi connectivity index (χ0v) is 8.46. The number of β-amino-alcohol motifs (C(OH)–C–C–N with tert-alkyl or cyclic N) is 1. The number of likely N-dealkylation sites (tertiary alicyclic amines) is 1. The molecule has 1 fully saturated rings. The summed E-state index contributed by atoms with van der Waals surface area (Å²) >= 11 is 0. The Morgan fingerprint density at radius 2 is 1.67 bits per heavy atom. The molecule has 1 rings (SSSR count). The molecule has 6 heteroatoms. The lowest BCUT2D eigenvalue weighted by Crippen LogP contribution is -2.31. The van der Waals surface area contributed by atoms with Crippen molar-refractivity contribution >= 4 is 6.29 Å². The summed E-state index contributed by atoms with van der Waals surface area (Å²) in [5.41, 5.74) is 0. The van der Waals surface area contributed by atoms with Gasteiger partial charge in [0.1, 0.15) is 0 Å². The number of alkyl halides is 3. The van der Waals surface area contributed by atoms with Gasteiger partial charge in [0.15, 0.2) is 0 Å². The highest BCUT2D eigenvalue weighted by Crippen LogP contribution is 2.08. The number of nitrogens with zero attached hydrogens (tertiary/aromatic N) is 1. The average Bonchev–Trinajstić information content (AvgIpc) is 2.20. The quantitative estimate of drug-likeness (QED) is 0.721. The van der Waals surface area contributed by atoms with Crippen molar-refractivity contribution in [2.24, 2.45) is 0 Å². The fraction of sp³-hybridized carbons (Fsp3) is 0.889. The van der Waals surface area contributed by atoms with Crippen molar-refractivity contribution in [2.75, 3.05) is 26.2 Å². The van der Waals surface area contributed by atoms with E-state index in [-0.39, 0.29) is 0 Å². The van der Waals surface area contributed by atoms with Crippen molar-refractivity contribution in [1.82, 2.24) is 4.90 Å². The molecule has 0 bridgehead atoms. The molecule has 0 aromatic heterocycles. The molecule has 0 radical (unpaired) electrons. The fourth-order valence-corrected chi connectivity index (χ4v) is 1.32. The first-order valence-electron chi connectivity index (χ1n) is 4.86. The van der Waals surface area contributed by atoms with Crippen LogP contribution in [0.5, 0.6) is 0 Å². The summed E-state index contributed by atoms with van der Waals surface area (Å²) in [4.78, 5) is 11.0. The minimum atomic E-state index is -4.64. The molecule has 1 saturated heterocycles. The second-order valence-electron chi connectivity index (χ2n) is 3.29. The third kappa shape index (κ3) is 9.68. The Kier molecular flexibility index (Phi) is 7.33. The molecule has 1 heterocycles. The molecule has 0 saturated carbocycles. The van der Waals surface area contributed by atoms with Crippen LogP contribution in [0.1, 0.15) is 19.3 Å². The second kappa shape index (κ2) is 7.64. The number of aliphatic hydroxyl groups is 1. The van der Waals surface area contributed by atoms with Crippen LogP contribution in [0.15, 0.2) is 0 Å². The molecular formula is C9H16F3NO2. The molecule has 0 aromatic carbocycles. The Morgan fingerprint density at radius 1 is 1.20 bits per heavy atom. The largest absolute Gasteiger partial charge is 0.446 e. The molecule has 15 heavy (non-hydrogen) atoms. The monoisotopic (exact) mass is 227 g/mol. The lowest BCUT2D eigenvalue weighted by atomic mass is 10.1. The van der Waals surface area contributed by atoms with Crippen LogP contribution < -0.4 is 0 Å². The topological polar surface area (TPSA) is 40.5 Å². The van der Waals surface area contributed by atoms with E-state index in [2.05, 4.69) is 4.90 Å². The first kappa shape index (κ1) is 14.4. The van der Waals surface area contributed by atoms with E-state index in [9.17, 15) is 13.2 Å². The Morgan fingerprint density at radius 3 is 2.00 bits per heavy atom. The SMILES string of the molecule is O=CC(F)(F)F.OCCN1CCCCC1. The van der Waals surface area contributed by atoms with E-state index in [0.717, 1.165) is 6.54 Å². The van der Waals surface area contributed by atoms with Crippen LogP contribution in [0.4, 0.5) is 13.2 Å². The highest BCUT2D eigenvalue weighted by Gasteiger charge is 2.24. The molecular weight excluding hydrogens is 211 g/mol. The van der Waals surface area contributed by atoms with E-state index in [1.54, 1.807) is 0 Å². The smallest absolute Gasteiger partial charge is 0.395 e. The molecule has 0 atom stereocenters. The van der Waals surface area contributed by atoms with Crippen molar-refractivity contribution in [1.29, 1.82) is 0 Å². The average molecular weight is 227 g/mol. The summed E-state index contributed by atoms with van der Waals surface area (Å²) < 4.78 is 31.2. The minimum absolute atomic E-state index is 0.319. The van der Waals surface area contributed by atoms with Crippen LogP contribution in [-0.4, -0.2) is 48.7 Å². The van der Waals surface area contributed by atoms with Crippen LogP contribution in [0.25, 0.3) is 0 Å². The van der Waals surface area contributed by atoms with E-state index >= 15 is 0 Å². The summed E-state index contributed by atoms with van der Waals surface area (Å²) in [5.74, 6) is 0. The number of carbonyl (C=O) groups is 1. The van der Waals surface area contributed by atoms with Crippen molar-refractivity contribution in [3.8, 4) is 0 Å². The standard InChI is InChI=1S/C7H15NO.C2HF3O/c9-7-6-8-4-2-1-3-5-8;3-2(4,5)1-6/h9H,1-7H2;1H. The van der Waals surface area contributed by atoms with Gasteiger partial charge in [-0.1, -0.05) is 6.42 Å². The Hall–Kier alpha value is -0.620. The summed E-state index contributed by atoms with van der Waals surface area (Å²) in [7, 11) is 0. The van der Waals surface area contributed by atoms with Gasteiger partial charge in [-0.3, -0.25) is 4.79 Å². The lowest BCUT2D eigenvalue weighted by molar-refractivity contribution is -0.156. The molecule has 3 nitrogen and oxygen atoms in total. The lowest BCUT2D eigenvalue weighted by Gasteiger charge is -2.25. The van der Waals surface area contributed by atoms with Crippen LogP contribution in [-0.2, 0) is 4.79 Å². The van der Waals surface area contributed by atoms with Gasteiger partial charge in [0.05, 0.1) is 6.61 Å². The van der Waals surface area contributed by atoms with Gasteiger partial charge in [-0.25, -0.2) is 0 Å². The summed E-state index contributed by atoms with van der Waals surface area (Å²) in [6.07, 6.45) is -1.69. The zero-order valence-electron chi connectivity index (χ0n) is 8.46. The maximum Gasteiger partial charge on any atom is 0.446 e. The molecule has 0 amide bonds. The van der Waals surface area contributed by atoms with E-state index < -0.39 is 12.5 Å². The Labute approximate surface area is 86.9 Å². The molecule has 0 aromatic rings. The third-order valence-electron chi connectivity index (χ3n) is 2.00. The molecule has 1 N–H and O–H groups in total. The van der Waals surface area contributed by atoms with Gasteiger partial charge in [0.2, 0.25) is 6.29 Å². The Bertz CT molecular complexity index is 164. The molecule has 0 spiro atoms. The van der Waals surface area contributed by atoms with Gasteiger partial charge in [0.25, 0.3) is 0 Å². The molecule has 0 aliphatic carbocycles. The van der Waals surface area contributed by atoms with Gasteiger partial charge >= 0.3 is 6.18 Å². The van der Waals surface area contributed by atoms with Crippen LogP contribution in [0.3, 0.4) is 0 Å². The van der Waals surface area contributed by atoms with Gasteiger partial charge < -0.3 is 10.0 Å². The van der Waals surface area contributed by atoms with Crippen LogP contribution in [0, 0.1) is 0 Å². The summed E-state index contributed by atoms with van der Waals surface area (Å²) in [6.45, 7) is 3.58. The third-order valence-corrected chi connectivity index (χ3v) is 2.00. The van der Waals surface area contributed by atoms with E-state index in [1.807, 2.05) is 0 Å². The van der Waals surface area contributed by atoms with Crippen molar-refractivity contribution in [3.63, 3.8) is 0 Å². The van der Waals surface area contributed by atoms with Gasteiger partial charge in [-0.15, -0.1) is 0 Å². The van der Waals surface area contributed by atoms with E-state index in [0.29, 0.717) is 6.61 Å². The van der Waals surface area contributed by atoms with Crippen LogP contribution in [0.2, 0.25) is 0 Å². The maximum absolute atomic E-state index is 10.4. The first-order chi connectivity index (χ1) is 6.99.